The van der Waals surface area contributed by atoms with Crippen LogP contribution < -0.4 is 0 Å². The minimum absolute atomic E-state index is 0.744. The van der Waals surface area contributed by atoms with Crippen molar-refractivity contribution in [3.05, 3.63) is 98.2 Å². The summed E-state index contributed by atoms with van der Waals surface area (Å²) in [5.41, 5.74) is 6.28. The molecule has 0 aliphatic heterocycles. The average Bonchev–Trinajstić information content (AvgIpc) is 2.91. The Morgan fingerprint density at radius 2 is 1.28 bits per heavy atom. The summed E-state index contributed by atoms with van der Waals surface area (Å²) in [7, 11) is 0. The predicted molar refractivity (Wildman–Crippen MR) is 123 cm³/mol. The van der Waals surface area contributed by atoms with Gasteiger partial charge in [0.15, 0.2) is 0 Å². The average molecular weight is 343 g/mol. The van der Waals surface area contributed by atoms with Crippen molar-refractivity contribution in [3.8, 4) is 0 Å². The summed E-state index contributed by atoms with van der Waals surface area (Å²) >= 11 is 0. The van der Waals surface area contributed by atoms with Crippen molar-refractivity contribution in [3.63, 3.8) is 0 Å². The molecule has 0 radical (unpaired) electrons. The third kappa shape index (κ3) is 12.9. The standard InChI is InChI=1S/C16H18.C3H8.2C2H6.C2H4/c1-7-11(3)9-15(8-2)16-13(5)10-12(4)14(16)6;1-3-2;3*1-2/h7-8H,1-6,9-10H2;3H2,1-2H3;2*1-2H3;1-2H2/b16-15+;;;;. The first-order valence-corrected chi connectivity index (χ1v) is 9.14. The van der Waals surface area contributed by atoms with Gasteiger partial charge in [-0.2, -0.15) is 0 Å². The molecule has 0 heteroatoms. The molecule has 0 N–H and O–H groups in total. The van der Waals surface area contributed by atoms with Gasteiger partial charge < -0.3 is 0 Å². The van der Waals surface area contributed by atoms with Crippen LogP contribution in [0, 0.1) is 0 Å². The van der Waals surface area contributed by atoms with Gasteiger partial charge in [-0.25, -0.2) is 0 Å². The summed E-state index contributed by atoms with van der Waals surface area (Å²) in [5, 5.41) is 0. The summed E-state index contributed by atoms with van der Waals surface area (Å²) < 4.78 is 0. The van der Waals surface area contributed by atoms with Crippen LogP contribution in [0.15, 0.2) is 98.2 Å². The van der Waals surface area contributed by atoms with Gasteiger partial charge in [0.25, 0.3) is 0 Å². The Hall–Kier alpha value is -2.08. The minimum atomic E-state index is 0.744. The van der Waals surface area contributed by atoms with E-state index in [2.05, 4.69) is 66.5 Å². The number of hydrogen-bond donors (Lipinski definition) is 0. The number of rotatable bonds is 4. The zero-order chi connectivity index (χ0) is 21.0. The normalized spacial score (nSPS) is 13.3. The number of hydrogen-bond acceptors (Lipinski definition) is 0. The summed E-state index contributed by atoms with van der Waals surface area (Å²) in [6.07, 6.45) is 6.41. The van der Waals surface area contributed by atoms with E-state index in [-0.39, 0.29) is 0 Å². The first-order chi connectivity index (χ1) is 11.9. The van der Waals surface area contributed by atoms with Crippen LogP contribution in [0.5, 0.6) is 0 Å². The molecule has 0 aromatic heterocycles. The van der Waals surface area contributed by atoms with Gasteiger partial charge in [-0.15, -0.1) is 13.2 Å². The predicted octanol–water partition coefficient (Wildman–Crippen LogP) is 8.94. The van der Waals surface area contributed by atoms with Crippen molar-refractivity contribution in [2.24, 2.45) is 0 Å². The molecule has 0 bridgehead atoms. The lowest BCUT2D eigenvalue weighted by Gasteiger charge is -2.09. The molecule has 0 saturated heterocycles. The lowest BCUT2D eigenvalue weighted by molar-refractivity contribution is 1.09. The fourth-order valence-electron chi connectivity index (χ4n) is 1.84. The van der Waals surface area contributed by atoms with Gasteiger partial charge in [-0.1, -0.05) is 105 Å². The second kappa shape index (κ2) is 21.9. The highest BCUT2D eigenvalue weighted by Crippen LogP contribution is 2.40. The van der Waals surface area contributed by atoms with Gasteiger partial charge in [-0.3, -0.25) is 0 Å². The zero-order valence-corrected chi connectivity index (χ0v) is 17.9. The molecule has 0 spiro atoms. The maximum absolute atomic E-state index is 4.06. The molecule has 0 atom stereocenters. The van der Waals surface area contributed by atoms with Crippen molar-refractivity contribution in [2.45, 2.75) is 60.8 Å². The molecule has 0 heterocycles. The maximum atomic E-state index is 4.06. The molecule has 1 rings (SSSR count). The van der Waals surface area contributed by atoms with Crippen molar-refractivity contribution in [2.75, 3.05) is 0 Å². The third-order valence-electron chi connectivity index (χ3n) is 2.78. The first-order valence-electron chi connectivity index (χ1n) is 9.14. The van der Waals surface area contributed by atoms with Crippen molar-refractivity contribution >= 4 is 0 Å². The minimum Gasteiger partial charge on any atom is -0.106 e. The van der Waals surface area contributed by atoms with Gasteiger partial charge in [0, 0.05) is 0 Å². The van der Waals surface area contributed by atoms with Crippen LogP contribution in [0.25, 0.3) is 0 Å². The van der Waals surface area contributed by atoms with Crippen LogP contribution in [-0.2, 0) is 0 Å². The molecular weight excluding hydrogens is 300 g/mol. The van der Waals surface area contributed by atoms with E-state index < -0.39 is 0 Å². The molecule has 1 aliphatic carbocycles. The SMILES string of the molecule is C=C.C=CC(=C)C/C(C=C)=C1\C(=C)CC(=C)C1=C.CC.CC.CCC. The van der Waals surface area contributed by atoms with Crippen LogP contribution in [0.3, 0.4) is 0 Å². The quantitative estimate of drug-likeness (QED) is 0.353. The molecule has 1 fully saturated rings. The van der Waals surface area contributed by atoms with Crippen molar-refractivity contribution in [1.82, 2.24) is 0 Å². The highest BCUT2D eigenvalue weighted by molar-refractivity contribution is 5.65. The van der Waals surface area contributed by atoms with E-state index in [1.54, 1.807) is 6.08 Å². The van der Waals surface area contributed by atoms with E-state index >= 15 is 0 Å². The van der Waals surface area contributed by atoms with Gasteiger partial charge >= 0.3 is 0 Å². The van der Waals surface area contributed by atoms with E-state index in [4.69, 9.17) is 0 Å². The smallest absolute Gasteiger partial charge is 0.00253 e. The van der Waals surface area contributed by atoms with E-state index in [1.807, 2.05) is 33.8 Å². The fraction of sp³-hybridized carbons (Fsp3) is 0.360. The highest BCUT2D eigenvalue weighted by atomic mass is 14.3. The molecule has 142 valence electrons. The third-order valence-corrected chi connectivity index (χ3v) is 2.78. The zero-order valence-electron chi connectivity index (χ0n) is 17.9. The van der Waals surface area contributed by atoms with Gasteiger partial charge in [0.05, 0.1) is 0 Å². The second-order valence-electron chi connectivity index (χ2n) is 4.71. The Balaban J connectivity index is -0.000000210. The molecule has 0 unspecified atom stereocenters. The maximum Gasteiger partial charge on any atom is -0.00253 e. The topological polar surface area (TPSA) is 0 Å². The van der Waals surface area contributed by atoms with E-state index in [1.165, 1.54) is 6.42 Å². The van der Waals surface area contributed by atoms with Gasteiger partial charge in [0.1, 0.15) is 0 Å². The largest absolute Gasteiger partial charge is 0.106 e. The summed E-state index contributed by atoms with van der Waals surface area (Å²) in [6, 6.07) is 0. The van der Waals surface area contributed by atoms with E-state index in [0.717, 1.165) is 46.3 Å². The highest BCUT2D eigenvalue weighted by Gasteiger charge is 2.21. The van der Waals surface area contributed by atoms with E-state index in [0.29, 0.717) is 0 Å². The van der Waals surface area contributed by atoms with Crippen LogP contribution in [0.1, 0.15) is 60.8 Å². The molecule has 25 heavy (non-hydrogen) atoms. The summed E-state index contributed by atoms with van der Waals surface area (Å²) in [6.45, 7) is 41.8. The van der Waals surface area contributed by atoms with Crippen LogP contribution in [0.4, 0.5) is 0 Å². The molecule has 0 amide bonds. The van der Waals surface area contributed by atoms with Crippen LogP contribution >= 0.6 is 0 Å². The summed E-state index contributed by atoms with van der Waals surface area (Å²) in [4.78, 5) is 0. The fourth-order valence-corrected chi connectivity index (χ4v) is 1.84. The monoisotopic (exact) mass is 342 g/mol. The second-order valence-corrected chi connectivity index (χ2v) is 4.71. The Morgan fingerprint density at radius 3 is 1.52 bits per heavy atom. The Bertz CT molecular complexity index is 466. The molecule has 0 nitrogen and oxygen atoms in total. The first kappa shape index (κ1) is 30.8. The van der Waals surface area contributed by atoms with E-state index in [9.17, 15) is 0 Å². The van der Waals surface area contributed by atoms with Crippen molar-refractivity contribution < 1.29 is 0 Å². The van der Waals surface area contributed by atoms with Gasteiger partial charge in [0.2, 0.25) is 0 Å². The Morgan fingerprint density at radius 1 is 0.880 bits per heavy atom. The lowest BCUT2D eigenvalue weighted by atomic mass is 9.95. The Labute approximate surface area is 159 Å². The van der Waals surface area contributed by atoms with Crippen LogP contribution in [0.2, 0.25) is 0 Å². The molecule has 1 saturated carbocycles. The molecule has 0 aromatic carbocycles. The molecular formula is C25H42. The van der Waals surface area contributed by atoms with Crippen LogP contribution in [-0.4, -0.2) is 0 Å². The van der Waals surface area contributed by atoms with Crippen molar-refractivity contribution in [1.29, 1.82) is 0 Å². The summed E-state index contributed by atoms with van der Waals surface area (Å²) in [5.74, 6) is 0. The Kier molecular flexibility index (Phi) is 27.0. The molecule has 1 aliphatic rings. The molecule has 0 aromatic rings. The number of allylic oxidation sites excluding steroid dienone is 8. The van der Waals surface area contributed by atoms with Gasteiger partial charge in [-0.05, 0) is 40.7 Å². The lowest BCUT2D eigenvalue weighted by Crippen LogP contribution is -1.90.